The van der Waals surface area contributed by atoms with Gasteiger partial charge in [-0.3, -0.25) is 0 Å². The number of ether oxygens (including phenoxy) is 1. The van der Waals surface area contributed by atoms with Crippen molar-refractivity contribution in [2.45, 2.75) is 24.8 Å². The van der Waals surface area contributed by atoms with E-state index in [2.05, 4.69) is 19.2 Å². The van der Waals surface area contributed by atoms with E-state index in [1.165, 1.54) is 6.26 Å². The van der Waals surface area contributed by atoms with Crippen molar-refractivity contribution in [3.05, 3.63) is 24.3 Å². The van der Waals surface area contributed by atoms with Crippen LogP contribution in [0.1, 0.15) is 13.8 Å². The van der Waals surface area contributed by atoms with E-state index in [4.69, 9.17) is 4.74 Å². The topological polar surface area (TPSA) is 55.4 Å². The third kappa shape index (κ3) is 6.23. The summed E-state index contributed by atoms with van der Waals surface area (Å²) in [6.07, 6.45) is 1.19. The fourth-order valence-corrected chi connectivity index (χ4v) is 1.93. The van der Waals surface area contributed by atoms with Crippen molar-refractivity contribution in [1.82, 2.24) is 5.32 Å². The van der Waals surface area contributed by atoms with E-state index in [1.807, 2.05) is 0 Å². The molecule has 0 saturated heterocycles. The summed E-state index contributed by atoms with van der Waals surface area (Å²) in [5.74, 6) is 0.683. The molecule has 0 amide bonds. The third-order valence-electron chi connectivity index (χ3n) is 2.18. The summed E-state index contributed by atoms with van der Waals surface area (Å²) in [4.78, 5) is 0.310. The van der Waals surface area contributed by atoms with E-state index in [-0.39, 0.29) is 12.4 Å². The van der Waals surface area contributed by atoms with Crippen LogP contribution < -0.4 is 10.1 Å². The smallest absolute Gasteiger partial charge is 0.175 e. The van der Waals surface area contributed by atoms with Crippen molar-refractivity contribution in [2.75, 3.05) is 19.4 Å². The largest absolute Gasteiger partial charge is 0.492 e. The van der Waals surface area contributed by atoms with E-state index in [0.29, 0.717) is 23.3 Å². The molecule has 1 rings (SSSR count). The van der Waals surface area contributed by atoms with Gasteiger partial charge in [0.05, 0.1) is 4.90 Å². The van der Waals surface area contributed by atoms with Crippen LogP contribution in [0, 0.1) is 0 Å². The van der Waals surface area contributed by atoms with Gasteiger partial charge in [0, 0.05) is 18.8 Å². The fourth-order valence-electron chi connectivity index (χ4n) is 1.30. The Kier molecular flexibility index (Phi) is 7.28. The van der Waals surface area contributed by atoms with Gasteiger partial charge < -0.3 is 10.1 Å². The van der Waals surface area contributed by atoms with Gasteiger partial charge in [0.25, 0.3) is 0 Å². The molecule has 0 unspecified atom stereocenters. The standard InChI is InChI=1S/C12H19NO3S.ClH/c1-10(2)13-8-9-16-11-4-6-12(7-5-11)17(3,14)15;/h4-7,10,13H,8-9H2,1-3H3;1H. The first-order valence-corrected chi connectivity index (χ1v) is 7.45. The summed E-state index contributed by atoms with van der Waals surface area (Å²) in [6.45, 7) is 5.48. The predicted molar refractivity (Wildman–Crippen MR) is 75.4 cm³/mol. The zero-order chi connectivity index (χ0) is 12.9. The minimum absolute atomic E-state index is 0. The summed E-state index contributed by atoms with van der Waals surface area (Å²) >= 11 is 0. The molecule has 1 N–H and O–H groups in total. The highest BCUT2D eigenvalue weighted by Crippen LogP contribution is 2.15. The maximum absolute atomic E-state index is 11.2. The highest BCUT2D eigenvalue weighted by molar-refractivity contribution is 7.90. The van der Waals surface area contributed by atoms with Crippen LogP contribution in [0.15, 0.2) is 29.2 Å². The van der Waals surface area contributed by atoms with Crippen LogP contribution in [0.3, 0.4) is 0 Å². The molecule has 4 nitrogen and oxygen atoms in total. The molecule has 1 aromatic carbocycles. The minimum Gasteiger partial charge on any atom is -0.492 e. The van der Waals surface area contributed by atoms with Crippen LogP contribution in [0.5, 0.6) is 5.75 Å². The molecular formula is C12H20ClNO3S. The lowest BCUT2D eigenvalue weighted by Gasteiger charge is -2.09. The number of rotatable bonds is 6. The SMILES string of the molecule is CC(C)NCCOc1ccc(S(C)(=O)=O)cc1.Cl. The molecule has 0 aliphatic heterocycles. The van der Waals surface area contributed by atoms with Gasteiger partial charge >= 0.3 is 0 Å². The quantitative estimate of drug-likeness (QED) is 0.814. The molecule has 18 heavy (non-hydrogen) atoms. The summed E-state index contributed by atoms with van der Waals surface area (Å²) in [6, 6.07) is 6.89. The number of hydrogen-bond donors (Lipinski definition) is 1. The molecular weight excluding hydrogens is 274 g/mol. The Labute approximate surface area is 115 Å². The maximum Gasteiger partial charge on any atom is 0.175 e. The van der Waals surface area contributed by atoms with Crippen molar-refractivity contribution in [2.24, 2.45) is 0 Å². The predicted octanol–water partition coefficient (Wildman–Crippen LogP) is 1.89. The monoisotopic (exact) mass is 293 g/mol. The van der Waals surface area contributed by atoms with Gasteiger partial charge in [-0.1, -0.05) is 13.8 Å². The molecule has 0 aromatic heterocycles. The Hall–Kier alpha value is -0.780. The Morgan fingerprint density at radius 1 is 1.22 bits per heavy atom. The lowest BCUT2D eigenvalue weighted by molar-refractivity contribution is 0.308. The first-order valence-electron chi connectivity index (χ1n) is 5.56. The van der Waals surface area contributed by atoms with Crippen molar-refractivity contribution in [3.63, 3.8) is 0 Å². The molecule has 0 atom stereocenters. The molecule has 0 aliphatic rings. The first-order chi connectivity index (χ1) is 7.89. The van der Waals surface area contributed by atoms with Crippen LogP contribution in [0.25, 0.3) is 0 Å². The average molecular weight is 294 g/mol. The summed E-state index contributed by atoms with van der Waals surface area (Å²) in [7, 11) is -3.12. The molecule has 6 heteroatoms. The number of hydrogen-bond acceptors (Lipinski definition) is 4. The Morgan fingerprint density at radius 2 is 1.78 bits per heavy atom. The summed E-state index contributed by atoms with van der Waals surface area (Å²) in [5, 5.41) is 3.23. The Morgan fingerprint density at radius 3 is 2.22 bits per heavy atom. The second kappa shape index (κ2) is 7.61. The van der Waals surface area contributed by atoms with E-state index in [1.54, 1.807) is 24.3 Å². The molecule has 1 aromatic rings. The second-order valence-electron chi connectivity index (χ2n) is 4.20. The van der Waals surface area contributed by atoms with E-state index in [0.717, 1.165) is 6.54 Å². The van der Waals surface area contributed by atoms with Crippen LogP contribution in [-0.2, 0) is 9.84 Å². The Bertz CT molecular complexity index is 443. The molecule has 0 spiro atoms. The Balaban J connectivity index is 0.00000289. The molecule has 0 fully saturated rings. The highest BCUT2D eigenvalue weighted by atomic mass is 35.5. The lowest BCUT2D eigenvalue weighted by atomic mass is 10.3. The highest BCUT2D eigenvalue weighted by Gasteiger charge is 2.06. The molecule has 0 bridgehead atoms. The maximum atomic E-state index is 11.2. The molecule has 0 aliphatic carbocycles. The van der Waals surface area contributed by atoms with E-state index in [9.17, 15) is 8.42 Å². The average Bonchev–Trinajstić information content (AvgIpc) is 2.23. The van der Waals surface area contributed by atoms with Crippen LogP contribution in [0.4, 0.5) is 0 Å². The van der Waals surface area contributed by atoms with E-state index >= 15 is 0 Å². The number of nitrogens with one attached hydrogen (secondary N) is 1. The van der Waals surface area contributed by atoms with Crippen LogP contribution >= 0.6 is 12.4 Å². The first kappa shape index (κ1) is 17.2. The minimum atomic E-state index is -3.12. The molecule has 0 saturated carbocycles. The van der Waals surface area contributed by atoms with Crippen LogP contribution in [0.2, 0.25) is 0 Å². The van der Waals surface area contributed by atoms with Gasteiger partial charge in [0.15, 0.2) is 9.84 Å². The van der Waals surface area contributed by atoms with Crippen molar-refractivity contribution < 1.29 is 13.2 Å². The van der Waals surface area contributed by atoms with Gasteiger partial charge in [-0.05, 0) is 24.3 Å². The van der Waals surface area contributed by atoms with E-state index < -0.39 is 9.84 Å². The van der Waals surface area contributed by atoms with Gasteiger partial charge in [-0.15, -0.1) is 12.4 Å². The number of benzene rings is 1. The van der Waals surface area contributed by atoms with Crippen molar-refractivity contribution in [3.8, 4) is 5.75 Å². The molecule has 104 valence electrons. The zero-order valence-corrected chi connectivity index (χ0v) is 12.5. The normalized spacial score (nSPS) is 11.1. The van der Waals surface area contributed by atoms with Crippen molar-refractivity contribution in [1.29, 1.82) is 0 Å². The molecule has 0 heterocycles. The fraction of sp³-hybridized carbons (Fsp3) is 0.500. The second-order valence-corrected chi connectivity index (χ2v) is 6.22. The number of halogens is 1. The zero-order valence-electron chi connectivity index (χ0n) is 10.8. The lowest BCUT2D eigenvalue weighted by Crippen LogP contribution is -2.27. The summed E-state index contributed by atoms with van der Waals surface area (Å²) < 4.78 is 27.9. The third-order valence-corrected chi connectivity index (χ3v) is 3.30. The molecule has 0 radical (unpaired) electrons. The van der Waals surface area contributed by atoms with Gasteiger partial charge in [0.1, 0.15) is 12.4 Å². The summed E-state index contributed by atoms with van der Waals surface area (Å²) in [5.41, 5.74) is 0. The van der Waals surface area contributed by atoms with Gasteiger partial charge in [-0.2, -0.15) is 0 Å². The van der Waals surface area contributed by atoms with Crippen molar-refractivity contribution >= 4 is 22.2 Å². The number of sulfone groups is 1. The van der Waals surface area contributed by atoms with Crippen LogP contribution in [-0.4, -0.2) is 33.9 Å². The van der Waals surface area contributed by atoms with Gasteiger partial charge in [-0.25, -0.2) is 8.42 Å². The van der Waals surface area contributed by atoms with Gasteiger partial charge in [0.2, 0.25) is 0 Å².